The third kappa shape index (κ3) is 3.59. The van der Waals surface area contributed by atoms with Crippen LogP contribution in [0.25, 0.3) is 10.2 Å². The van der Waals surface area contributed by atoms with Gasteiger partial charge in [0.15, 0.2) is 6.61 Å². The summed E-state index contributed by atoms with van der Waals surface area (Å²) in [6.07, 6.45) is -0.0102. The van der Waals surface area contributed by atoms with Crippen molar-refractivity contribution in [3.05, 3.63) is 22.2 Å². The van der Waals surface area contributed by atoms with Crippen LogP contribution in [0.15, 0.2) is 6.07 Å². The molecule has 0 spiro atoms. The van der Waals surface area contributed by atoms with E-state index in [-0.39, 0.29) is 18.6 Å². The summed E-state index contributed by atoms with van der Waals surface area (Å²) >= 11 is 1.19. The molecule has 0 aromatic carbocycles. The highest BCUT2D eigenvalue weighted by Crippen LogP contribution is 2.35. The van der Waals surface area contributed by atoms with E-state index in [9.17, 15) is 9.59 Å². The number of morpholine rings is 1. The molecule has 1 atom stereocenters. The second kappa shape index (κ2) is 6.97. The molecule has 134 valence electrons. The van der Waals surface area contributed by atoms with Crippen molar-refractivity contribution < 1.29 is 19.1 Å². The molecule has 8 heteroatoms. The predicted octanol–water partition coefficient (Wildman–Crippen LogP) is 1.90. The van der Waals surface area contributed by atoms with Gasteiger partial charge < -0.3 is 20.1 Å². The fourth-order valence-corrected chi connectivity index (χ4v) is 4.06. The molecular weight excluding hydrogens is 342 g/mol. The van der Waals surface area contributed by atoms with Crippen LogP contribution in [0.4, 0.5) is 5.69 Å². The number of pyridine rings is 1. The van der Waals surface area contributed by atoms with Crippen molar-refractivity contribution in [3.8, 4) is 0 Å². The normalized spacial score (nSPS) is 17.7. The number of aryl methyl sites for hydroxylation is 2. The molecule has 2 aromatic heterocycles. The molecule has 1 saturated heterocycles. The smallest absolute Gasteiger partial charge is 0.351 e. The Morgan fingerprint density at radius 2 is 2.24 bits per heavy atom. The zero-order valence-corrected chi connectivity index (χ0v) is 15.3. The number of nitrogens with zero attached hydrogens (tertiary/aromatic N) is 2. The number of ether oxygens (including phenoxy) is 2. The van der Waals surface area contributed by atoms with Gasteiger partial charge in [0.25, 0.3) is 5.91 Å². The van der Waals surface area contributed by atoms with E-state index in [1.165, 1.54) is 11.3 Å². The number of hydrogen-bond donors (Lipinski definition) is 1. The molecule has 25 heavy (non-hydrogen) atoms. The summed E-state index contributed by atoms with van der Waals surface area (Å²) in [6, 6.07) is 1.92. The largest absolute Gasteiger partial charge is 0.451 e. The molecule has 0 bridgehead atoms. The summed E-state index contributed by atoms with van der Waals surface area (Å²) in [4.78, 5) is 31.6. The highest BCUT2D eigenvalue weighted by molar-refractivity contribution is 7.21. The van der Waals surface area contributed by atoms with Gasteiger partial charge >= 0.3 is 5.97 Å². The van der Waals surface area contributed by atoms with Crippen molar-refractivity contribution in [2.75, 3.05) is 32.0 Å². The van der Waals surface area contributed by atoms with Crippen LogP contribution in [0.3, 0.4) is 0 Å². The minimum Gasteiger partial charge on any atom is -0.451 e. The van der Waals surface area contributed by atoms with Crippen LogP contribution >= 0.6 is 11.3 Å². The van der Waals surface area contributed by atoms with Gasteiger partial charge in [0.05, 0.1) is 18.4 Å². The van der Waals surface area contributed by atoms with Crippen molar-refractivity contribution in [3.63, 3.8) is 0 Å². The Kier molecular flexibility index (Phi) is 4.91. The second-order valence-electron chi connectivity index (χ2n) is 6.20. The fourth-order valence-electron chi connectivity index (χ4n) is 2.95. The third-order valence-electron chi connectivity index (χ3n) is 4.13. The molecule has 7 nitrogen and oxygen atoms in total. The lowest BCUT2D eigenvalue weighted by molar-refractivity contribution is -0.141. The van der Waals surface area contributed by atoms with Crippen LogP contribution in [0.1, 0.15) is 27.9 Å². The van der Waals surface area contributed by atoms with Crippen molar-refractivity contribution >= 4 is 39.1 Å². The first-order valence-electron chi connectivity index (χ1n) is 8.09. The van der Waals surface area contributed by atoms with Crippen molar-refractivity contribution in [2.24, 2.45) is 0 Å². The van der Waals surface area contributed by atoms with Crippen LogP contribution in [-0.2, 0) is 14.3 Å². The topological polar surface area (TPSA) is 94.8 Å². The quantitative estimate of drug-likeness (QED) is 0.837. The van der Waals surface area contributed by atoms with E-state index in [0.29, 0.717) is 35.1 Å². The number of nitrogen functional groups attached to an aromatic ring is 1. The van der Waals surface area contributed by atoms with E-state index < -0.39 is 5.97 Å². The first-order chi connectivity index (χ1) is 11.9. The minimum atomic E-state index is -0.591. The third-order valence-corrected chi connectivity index (χ3v) is 5.21. The molecule has 0 saturated carbocycles. The summed E-state index contributed by atoms with van der Waals surface area (Å²) in [5.74, 6) is -0.819. The average molecular weight is 363 g/mol. The number of carbonyl (C=O) groups excluding carboxylic acids is 2. The number of anilines is 1. The number of carbonyl (C=O) groups is 2. The van der Waals surface area contributed by atoms with E-state index >= 15 is 0 Å². The molecule has 1 fully saturated rings. The maximum absolute atomic E-state index is 12.4. The lowest BCUT2D eigenvalue weighted by atomic mass is 10.1. The Morgan fingerprint density at radius 3 is 2.96 bits per heavy atom. The Bertz CT molecular complexity index is 833. The maximum Gasteiger partial charge on any atom is 0.351 e. The van der Waals surface area contributed by atoms with Gasteiger partial charge in [0, 0.05) is 24.2 Å². The zero-order chi connectivity index (χ0) is 18.1. The zero-order valence-electron chi connectivity index (χ0n) is 14.5. The fraction of sp³-hybridized carbons (Fsp3) is 0.471. The summed E-state index contributed by atoms with van der Waals surface area (Å²) < 4.78 is 10.6. The lowest BCUT2D eigenvalue weighted by Gasteiger charge is -2.30. The highest BCUT2D eigenvalue weighted by Gasteiger charge is 2.24. The van der Waals surface area contributed by atoms with E-state index in [2.05, 4.69) is 4.98 Å². The monoisotopic (exact) mass is 363 g/mol. The predicted molar refractivity (Wildman–Crippen MR) is 95.8 cm³/mol. The number of thiophene rings is 1. The van der Waals surface area contributed by atoms with Crippen molar-refractivity contribution in [1.29, 1.82) is 0 Å². The molecule has 1 aliphatic heterocycles. The first-order valence-corrected chi connectivity index (χ1v) is 8.91. The van der Waals surface area contributed by atoms with Gasteiger partial charge in [0.1, 0.15) is 9.71 Å². The summed E-state index contributed by atoms with van der Waals surface area (Å²) in [5, 5.41) is 0.774. The van der Waals surface area contributed by atoms with E-state index in [0.717, 1.165) is 16.6 Å². The molecule has 1 aliphatic rings. The molecular formula is C17H21N3O4S. The first kappa shape index (κ1) is 17.6. The lowest BCUT2D eigenvalue weighted by Crippen LogP contribution is -2.46. The van der Waals surface area contributed by atoms with E-state index in [4.69, 9.17) is 15.2 Å². The van der Waals surface area contributed by atoms with Gasteiger partial charge in [0.2, 0.25) is 0 Å². The number of nitrogens with two attached hydrogens (primary N) is 1. The standard InChI is InChI=1S/C17H21N3O4S/c1-9-6-10(2)19-16-13(9)14(18)15(25-16)17(22)24-8-12(21)20-4-5-23-11(3)7-20/h6,11H,4-5,7-8,18H2,1-3H3. The minimum absolute atomic E-state index is 0.0102. The van der Waals surface area contributed by atoms with Crippen LogP contribution in [0, 0.1) is 13.8 Å². The average Bonchev–Trinajstić information content (AvgIpc) is 2.89. The molecule has 3 heterocycles. The Morgan fingerprint density at radius 1 is 1.48 bits per heavy atom. The number of fused-ring (bicyclic) bond motifs is 1. The summed E-state index contributed by atoms with van der Waals surface area (Å²) in [7, 11) is 0. The highest BCUT2D eigenvalue weighted by atomic mass is 32.1. The SMILES string of the molecule is Cc1cc(C)c2c(N)c(C(=O)OCC(=O)N3CCOC(C)C3)sc2n1. The summed E-state index contributed by atoms with van der Waals surface area (Å²) in [5.41, 5.74) is 8.31. The van der Waals surface area contributed by atoms with Gasteiger partial charge in [-0.1, -0.05) is 0 Å². The molecule has 0 radical (unpaired) electrons. The van der Waals surface area contributed by atoms with E-state index in [1.54, 1.807) is 4.90 Å². The Hall–Kier alpha value is -2.19. The van der Waals surface area contributed by atoms with Gasteiger partial charge in [-0.2, -0.15) is 0 Å². The van der Waals surface area contributed by atoms with Gasteiger partial charge in [-0.15, -0.1) is 11.3 Å². The van der Waals surface area contributed by atoms with Gasteiger partial charge in [-0.05, 0) is 32.4 Å². The van der Waals surface area contributed by atoms with Gasteiger partial charge in [-0.25, -0.2) is 9.78 Å². The maximum atomic E-state index is 12.4. The molecule has 2 aromatic rings. The number of aromatic nitrogens is 1. The molecule has 3 rings (SSSR count). The Labute approximate surface area is 149 Å². The molecule has 2 N–H and O–H groups in total. The second-order valence-corrected chi connectivity index (χ2v) is 7.20. The van der Waals surface area contributed by atoms with Crippen LogP contribution in [0.2, 0.25) is 0 Å². The number of hydrogen-bond acceptors (Lipinski definition) is 7. The molecule has 1 unspecified atom stereocenters. The molecule has 1 amide bonds. The molecule has 0 aliphatic carbocycles. The van der Waals surface area contributed by atoms with Gasteiger partial charge in [-0.3, -0.25) is 4.79 Å². The number of rotatable bonds is 3. The number of amides is 1. The van der Waals surface area contributed by atoms with Crippen LogP contribution in [-0.4, -0.2) is 54.2 Å². The van der Waals surface area contributed by atoms with Crippen LogP contribution in [0.5, 0.6) is 0 Å². The van der Waals surface area contributed by atoms with Crippen molar-refractivity contribution in [1.82, 2.24) is 9.88 Å². The van der Waals surface area contributed by atoms with E-state index in [1.807, 2.05) is 26.8 Å². The van der Waals surface area contributed by atoms with Crippen molar-refractivity contribution in [2.45, 2.75) is 26.9 Å². The summed E-state index contributed by atoms with van der Waals surface area (Å²) in [6.45, 7) is 6.93. The van der Waals surface area contributed by atoms with Crippen LogP contribution < -0.4 is 5.73 Å². The Balaban J connectivity index is 1.71. The number of esters is 1.